The summed E-state index contributed by atoms with van der Waals surface area (Å²) < 4.78 is 0. The van der Waals surface area contributed by atoms with Crippen molar-refractivity contribution in [2.45, 2.75) is 6.04 Å². The minimum atomic E-state index is 0.0534. The van der Waals surface area contributed by atoms with Crippen LogP contribution in [0.1, 0.15) is 17.4 Å². The van der Waals surface area contributed by atoms with E-state index in [0.717, 1.165) is 39.2 Å². The summed E-state index contributed by atoms with van der Waals surface area (Å²) in [5, 5.41) is 2.08. The van der Waals surface area contributed by atoms with E-state index < -0.39 is 0 Å². The van der Waals surface area contributed by atoms with E-state index in [4.69, 9.17) is 4.99 Å². The molecule has 3 aliphatic heterocycles. The first-order valence-corrected chi connectivity index (χ1v) is 7.64. The van der Waals surface area contributed by atoms with E-state index in [0.29, 0.717) is 0 Å². The van der Waals surface area contributed by atoms with Crippen LogP contribution in [0.25, 0.3) is 18.2 Å². The Hall–Kier alpha value is -3.14. The molecule has 0 spiro atoms. The second-order valence-corrected chi connectivity index (χ2v) is 5.82. The van der Waals surface area contributed by atoms with Crippen molar-refractivity contribution < 1.29 is 0 Å². The largest absolute Gasteiger partial charge is 0.357 e. The first-order valence-electron chi connectivity index (χ1n) is 7.64. The Morgan fingerprint density at radius 3 is 2.57 bits per heavy atom. The number of fused-ring (bicyclic) bond motifs is 7. The summed E-state index contributed by atoms with van der Waals surface area (Å²) in [6.07, 6.45) is 14.4. The number of aromatic amines is 2. The third kappa shape index (κ3) is 2.25. The van der Waals surface area contributed by atoms with Crippen LogP contribution < -0.4 is 10.7 Å². The fraction of sp³-hybridized carbons (Fsp3) is 0.0526. The van der Waals surface area contributed by atoms with Gasteiger partial charge in [-0.25, -0.2) is 4.99 Å². The van der Waals surface area contributed by atoms with Gasteiger partial charge >= 0.3 is 0 Å². The van der Waals surface area contributed by atoms with Crippen molar-refractivity contribution in [1.82, 2.24) is 9.97 Å². The Bertz CT molecular complexity index is 1070. The van der Waals surface area contributed by atoms with E-state index in [2.05, 4.69) is 63.5 Å². The maximum atomic E-state index is 4.75. The summed E-state index contributed by atoms with van der Waals surface area (Å²) in [6, 6.07) is 8.33. The molecule has 0 amide bonds. The SMILES string of the molecule is C1=C/C2=C/c3ccc([nH]3)C3C=CC(=N3)/C=c3/cc/c([nH]3)=C/C1=N2. The number of allylic oxidation sites excluding steroid dienone is 3. The second kappa shape index (κ2) is 4.68. The number of aliphatic imine (C=N–C) groups is 2. The lowest BCUT2D eigenvalue weighted by Crippen LogP contribution is -2.12. The number of nitrogens with one attached hydrogen (secondary N) is 2. The number of rotatable bonds is 0. The van der Waals surface area contributed by atoms with Crippen LogP contribution in [0.2, 0.25) is 0 Å². The van der Waals surface area contributed by atoms with E-state index in [-0.39, 0.29) is 6.04 Å². The molecule has 110 valence electrons. The highest BCUT2D eigenvalue weighted by atomic mass is 14.9. The molecule has 0 radical (unpaired) electrons. The first kappa shape index (κ1) is 12.4. The molecule has 0 saturated carbocycles. The number of nitrogens with zero attached hydrogens (tertiary/aromatic N) is 2. The van der Waals surface area contributed by atoms with Crippen LogP contribution in [0.4, 0.5) is 0 Å². The third-order valence-electron chi connectivity index (χ3n) is 4.11. The van der Waals surface area contributed by atoms with Gasteiger partial charge in [-0.1, -0.05) is 6.08 Å². The van der Waals surface area contributed by atoms with Gasteiger partial charge in [0.25, 0.3) is 0 Å². The van der Waals surface area contributed by atoms with Crippen molar-refractivity contribution in [1.29, 1.82) is 0 Å². The molecule has 1 atom stereocenters. The molecule has 3 aliphatic rings. The van der Waals surface area contributed by atoms with Gasteiger partial charge in [0.15, 0.2) is 0 Å². The standard InChI is InChI=1S/C19H14N4/c1-3-14-10-16-5-7-18(22-16)19-8-6-17(23-19)11-15-4-2-13(21-15)9-12(1)20-14/h1-11,18,20,23H/b12-9-,14-10-,15-11-. The van der Waals surface area contributed by atoms with Crippen LogP contribution in [0.5, 0.6) is 0 Å². The molecule has 2 aromatic rings. The Kier molecular flexibility index (Phi) is 2.52. The molecule has 5 rings (SSSR count). The molecule has 5 heterocycles. The summed E-state index contributed by atoms with van der Waals surface area (Å²) in [6.45, 7) is 0. The monoisotopic (exact) mass is 298 g/mol. The first-order chi connectivity index (χ1) is 11.3. The summed E-state index contributed by atoms with van der Waals surface area (Å²) in [7, 11) is 0. The van der Waals surface area contributed by atoms with Gasteiger partial charge < -0.3 is 9.97 Å². The molecular formula is C19H14N4. The van der Waals surface area contributed by atoms with Crippen molar-refractivity contribution in [3.05, 3.63) is 76.4 Å². The Morgan fingerprint density at radius 2 is 1.65 bits per heavy atom. The summed E-state index contributed by atoms with van der Waals surface area (Å²) in [4.78, 5) is 16.2. The minimum Gasteiger partial charge on any atom is -0.357 e. The fourth-order valence-electron chi connectivity index (χ4n) is 3.01. The molecule has 23 heavy (non-hydrogen) atoms. The van der Waals surface area contributed by atoms with Crippen LogP contribution in [-0.4, -0.2) is 21.4 Å². The van der Waals surface area contributed by atoms with Gasteiger partial charge in [0.05, 0.1) is 17.1 Å². The topological polar surface area (TPSA) is 56.3 Å². The molecule has 0 fully saturated rings. The van der Waals surface area contributed by atoms with Gasteiger partial charge in [-0.05, 0) is 60.7 Å². The van der Waals surface area contributed by atoms with Gasteiger partial charge in [0.1, 0.15) is 6.04 Å². The summed E-state index contributed by atoms with van der Waals surface area (Å²) >= 11 is 0. The third-order valence-corrected chi connectivity index (χ3v) is 4.11. The van der Waals surface area contributed by atoms with Crippen LogP contribution >= 0.6 is 0 Å². The smallest absolute Gasteiger partial charge is 0.109 e. The molecule has 1 unspecified atom stereocenters. The zero-order valence-corrected chi connectivity index (χ0v) is 12.3. The van der Waals surface area contributed by atoms with Crippen LogP contribution in [-0.2, 0) is 0 Å². The summed E-state index contributed by atoms with van der Waals surface area (Å²) in [5.41, 5.74) is 5.01. The lowest BCUT2D eigenvalue weighted by Gasteiger charge is -2.01. The van der Waals surface area contributed by atoms with E-state index in [1.54, 1.807) is 0 Å². The van der Waals surface area contributed by atoms with Crippen LogP contribution in [0.3, 0.4) is 0 Å². The van der Waals surface area contributed by atoms with Crippen LogP contribution in [0, 0.1) is 0 Å². The number of aromatic nitrogens is 2. The maximum absolute atomic E-state index is 4.75. The van der Waals surface area contributed by atoms with Crippen molar-refractivity contribution in [3.63, 3.8) is 0 Å². The Morgan fingerprint density at radius 1 is 0.783 bits per heavy atom. The lowest BCUT2D eigenvalue weighted by molar-refractivity contribution is 0.891. The predicted octanol–water partition coefficient (Wildman–Crippen LogP) is 2.02. The van der Waals surface area contributed by atoms with E-state index >= 15 is 0 Å². The van der Waals surface area contributed by atoms with Gasteiger partial charge in [-0.2, -0.15) is 0 Å². The molecule has 4 nitrogen and oxygen atoms in total. The van der Waals surface area contributed by atoms with E-state index in [1.165, 1.54) is 0 Å². The van der Waals surface area contributed by atoms with Crippen LogP contribution in [0.15, 0.2) is 64.3 Å². The minimum absolute atomic E-state index is 0.0534. The number of H-pyrrole nitrogens is 2. The van der Waals surface area contributed by atoms with Crippen molar-refractivity contribution >= 4 is 29.7 Å². The lowest BCUT2D eigenvalue weighted by atomic mass is 10.2. The highest BCUT2D eigenvalue weighted by Gasteiger charge is 2.14. The average Bonchev–Trinajstić information content (AvgIpc) is 3.28. The van der Waals surface area contributed by atoms with Crippen molar-refractivity contribution in [3.8, 4) is 0 Å². The van der Waals surface area contributed by atoms with E-state index in [1.807, 2.05) is 18.2 Å². The number of hydrogen-bond donors (Lipinski definition) is 2. The molecule has 0 aromatic carbocycles. The Labute approximate surface area is 132 Å². The highest BCUT2D eigenvalue weighted by molar-refractivity contribution is 6.19. The van der Waals surface area contributed by atoms with Crippen molar-refractivity contribution in [2.75, 3.05) is 0 Å². The molecule has 0 saturated heterocycles. The molecule has 2 aromatic heterocycles. The van der Waals surface area contributed by atoms with Gasteiger partial charge in [0, 0.05) is 22.1 Å². The molecule has 4 heteroatoms. The summed E-state index contributed by atoms with van der Waals surface area (Å²) in [5.74, 6) is 0. The highest BCUT2D eigenvalue weighted by Crippen LogP contribution is 2.24. The average molecular weight is 298 g/mol. The quantitative estimate of drug-likeness (QED) is 0.748. The molecule has 8 bridgehead atoms. The van der Waals surface area contributed by atoms with Gasteiger partial charge in [0.2, 0.25) is 0 Å². The molecule has 2 N–H and O–H groups in total. The molecular weight excluding hydrogens is 284 g/mol. The Balaban J connectivity index is 1.74. The van der Waals surface area contributed by atoms with Gasteiger partial charge in [-0.15, -0.1) is 0 Å². The molecule has 0 aliphatic carbocycles. The van der Waals surface area contributed by atoms with E-state index in [9.17, 15) is 0 Å². The predicted molar refractivity (Wildman–Crippen MR) is 93.6 cm³/mol. The normalized spacial score (nSPS) is 26.1. The fourth-order valence-corrected chi connectivity index (χ4v) is 3.01. The zero-order chi connectivity index (χ0) is 15.2. The number of hydrogen-bond acceptors (Lipinski definition) is 2. The van der Waals surface area contributed by atoms with Gasteiger partial charge in [-0.3, -0.25) is 4.99 Å². The van der Waals surface area contributed by atoms with Crippen molar-refractivity contribution in [2.24, 2.45) is 9.98 Å². The zero-order valence-electron chi connectivity index (χ0n) is 12.3. The second-order valence-electron chi connectivity index (χ2n) is 5.82. The maximum Gasteiger partial charge on any atom is 0.109 e.